The van der Waals surface area contributed by atoms with Gasteiger partial charge in [0.2, 0.25) is 0 Å². The molecular formula is C23H21N3O3S. The second kappa shape index (κ2) is 8.61. The summed E-state index contributed by atoms with van der Waals surface area (Å²) in [6.45, 7) is 2.10. The molecule has 0 bridgehead atoms. The van der Waals surface area contributed by atoms with E-state index in [9.17, 15) is 9.59 Å². The van der Waals surface area contributed by atoms with E-state index < -0.39 is 5.97 Å². The third-order valence-corrected chi connectivity index (χ3v) is 6.13. The van der Waals surface area contributed by atoms with Gasteiger partial charge in [0.25, 0.3) is 5.56 Å². The highest BCUT2D eigenvalue weighted by Gasteiger charge is 2.20. The van der Waals surface area contributed by atoms with Crippen LogP contribution in [0.2, 0.25) is 0 Å². The highest BCUT2D eigenvalue weighted by atomic mass is 32.1. The monoisotopic (exact) mass is 419 g/mol. The number of hydrogen-bond acceptors (Lipinski definition) is 6. The summed E-state index contributed by atoms with van der Waals surface area (Å²) < 4.78 is 4.81. The zero-order valence-electron chi connectivity index (χ0n) is 16.6. The van der Waals surface area contributed by atoms with E-state index >= 15 is 0 Å². The Hall–Kier alpha value is -3.29. The second-order valence-electron chi connectivity index (χ2n) is 6.88. The Morgan fingerprint density at radius 2 is 1.70 bits per heavy atom. The minimum Gasteiger partial charge on any atom is -0.465 e. The normalized spacial score (nSPS) is 11.2. The number of esters is 1. The van der Waals surface area contributed by atoms with E-state index in [-0.39, 0.29) is 11.6 Å². The fourth-order valence-electron chi connectivity index (χ4n) is 3.48. The SMILES string of the molecule is COC(=O)c1sc2nc(CNC(c3ccccc3)c3ccccc3)[nH]c(=O)c2c1C. The van der Waals surface area contributed by atoms with Crippen LogP contribution in [0.3, 0.4) is 0 Å². The molecular weight excluding hydrogens is 398 g/mol. The molecule has 30 heavy (non-hydrogen) atoms. The Morgan fingerprint density at radius 1 is 1.10 bits per heavy atom. The molecule has 4 rings (SSSR count). The predicted molar refractivity (Wildman–Crippen MR) is 118 cm³/mol. The number of hydrogen-bond donors (Lipinski definition) is 2. The largest absolute Gasteiger partial charge is 0.465 e. The number of benzene rings is 2. The maximum Gasteiger partial charge on any atom is 0.348 e. The number of nitrogens with one attached hydrogen (secondary N) is 2. The van der Waals surface area contributed by atoms with Crippen LogP contribution >= 0.6 is 11.3 Å². The maximum absolute atomic E-state index is 12.7. The number of methoxy groups -OCH3 is 1. The number of rotatable bonds is 6. The van der Waals surface area contributed by atoms with Crippen LogP contribution in [0.15, 0.2) is 65.5 Å². The van der Waals surface area contributed by atoms with E-state index in [4.69, 9.17) is 4.74 Å². The number of H-pyrrole nitrogens is 1. The molecule has 4 aromatic rings. The number of carbonyl (C=O) groups excluding carboxylic acids is 1. The number of thiophene rings is 1. The number of nitrogens with zero attached hydrogens (tertiary/aromatic N) is 1. The van der Waals surface area contributed by atoms with Gasteiger partial charge in [-0.15, -0.1) is 11.3 Å². The molecule has 0 atom stereocenters. The van der Waals surface area contributed by atoms with Crippen molar-refractivity contribution in [1.29, 1.82) is 0 Å². The lowest BCUT2D eigenvalue weighted by Crippen LogP contribution is -2.24. The van der Waals surface area contributed by atoms with Crippen molar-refractivity contribution in [3.63, 3.8) is 0 Å². The first-order valence-electron chi connectivity index (χ1n) is 9.52. The molecule has 152 valence electrons. The topological polar surface area (TPSA) is 84.1 Å². The van der Waals surface area contributed by atoms with Crippen molar-refractivity contribution in [2.75, 3.05) is 7.11 Å². The van der Waals surface area contributed by atoms with Crippen LogP contribution in [0.1, 0.15) is 38.2 Å². The van der Waals surface area contributed by atoms with E-state index in [1.54, 1.807) is 6.92 Å². The molecule has 0 spiro atoms. The summed E-state index contributed by atoms with van der Waals surface area (Å²) in [6.07, 6.45) is 0. The van der Waals surface area contributed by atoms with Crippen LogP contribution in [0.5, 0.6) is 0 Å². The van der Waals surface area contributed by atoms with E-state index in [2.05, 4.69) is 39.6 Å². The van der Waals surface area contributed by atoms with Crippen molar-refractivity contribution in [1.82, 2.24) is 15.3 Å². The Bertz CT molecular complexity index is 1190. The quantitative estimate of drug-likeness (QED) is 0.462. The van der Waals surface area contributed by atoms with Gasteiger partial charge in [-0.05, 0) is 23.6 Å². The standard InChI is InChI=1S/C23H21N3O3S/c1-14-18-21(27)25-17(26-22(18)30-20(14)23(28)29-2)13-24-19(15-9-5-3-6-10-15)16-11-7-4-8-12-16/h3-12,19,24H,13H2,1-2H3,(H,25,26,27). The maximum atomic E-state index is 12.7. The van der Waals surface area contributed by atoms with Crippen molar-refractivity contribution in [3.05, 3.63) is 98.4 Å². The van der Waals surface area contributed by atoms with E-state index in [0.29, 0.717) is 33.0 Å². The minimum absolute atomic E-state index is 0.0518. The van der Waals surface area contributed by atoms with Gasteiger partial charge in [0, 0.05) is 0 Å². The van der Waals surface area contributed by atoms with Crippen LogP contribution in [-0.4, -0.2) is 23.0 Å². The van der Waals surface area contributed by atoms with Gasteiger partial charge >= 0.3 is 5.97 Å². The van der Waals surface area contributed by atoms with Crippen molar-refractivity contribution in [3.8, 4) is 0 Å². The lowest BCUT2D eigenvalue weighted by molar-refractivity contribution is 0.0605. The summed E-state index contributed by atoms with van der Waals surface area (Å²) in [5.41, 5.74) is 2.58. The van der Waals surface area contributed by atoms with Crippen molar-refractivity contribution in [2.24, 2.45) is 0 Å². The molecule has 0 fully saturated rings. The fraction of sp³-hybridized carbons (Fsp3) is 0.174. The van der Waals surface area contributed by atoms with Crippen LogP contribution in [0.25, 0.3) is 10.2 Å². The molecule has 6 nitrogen and oxygen atoms in total. The van der Waals surface area contributed by atoms with Gasteiger partial charge < -0.3 is 9.72 Å². The lowest BCUT2D eigenvalue weighted by atomic mass is 9.99. The highest BCUT2D eigenvalue weighted by molar-refractivity contribution is 7.20. The van der Waals surface area contributed by atoms with E-state index in [0.717, 1.165) is 11.1 Å². The number of aromatic amines is 1. The van der Waals surface area contributed by atoms with Gasteiger partial charge in [0.15, 0.2) is 0 Å². The molecule has 2 heterocycles. The van der Waals surface area contributed by atoms with Gasteiger partial charge in [0.1, 0.15) is 15.5 Å². The number of carbonyl (C=O) groups is 1. The molecule has 0 aliphatic rings. The zero-order chi connectivity index (χ0) is 21.1. The highest BCUT2D eigenvalue weighted by Crippen LogP contribution is 2.28. The summed E-state index contributed by atoms with van der Waals surface area (Å²) in [6, 6.07) is 20.2. The summed E-state index contributed by atoms with van der Waals surface area (Å²) in [5.74, 6) is 0.0600. The average molecular weight is 420 g/mol. The molecule has 0 amide bonds. The molecule has 2 N–H and O–H groups in total. The molecule has 0 radical (unpaired) electrons. The molecule has 2 aromatic carbocycles. The molecule has 0 unspecified atom stereocenters. The predicted octanol–water partition coefficient (Wildman–Crippen LogP) is 3.96. The summed E-state index contributed by atoms with van der Waals surface area (Å²) in [4.78, 5) is 33.0. The van der Waals surface area contributed by atoms with Crippen LogP contribution in [-0.2, 0) is 11.3 Å². The molecule has 0 saturated heterocycles. The molecule has 2 aromatic heterocycles. The Balaban J connectivity index is 1.66. The molecule has 0 aliphatic heterocycles. The number of ether oxygens (including phenoxy) is 1. The lowest BCUT2D eigenvalue weighted by Gasteiger charge is -2.19. The van der Waals surface area contributed by atoms with E-state index in [1.165, 1.54) is 18.4 Å². The smallest absolute Gasteiger partial charge is 0.348 e. The summed E-state index contributed by atoms with van der Waals surface area (Å²) in [5, 5.41) is 3.93. The average Bonchev–Trinajstić information content (AvgIpc) is 3.11. The van der Waals surface area contributed by atoms with Crippen LogP contribution in [0.4, 0.5) is 0 Å². The summed E-state index contributed by atoms with van der Waals surface area (Å²) in [7, 11) is 1.33. The van der Waals surface area contributed by atoms with Gasteiger partial charge in [-0.1, -0.05) is 60.7 Å². The van der Waals surface area contributed by atoms with Gasteiger partial charge in [-0.2, -0.15) is 0 Å². The number of aryl methyl sites for hydroxylation is 1. The Morgan fingerprint density at radius 3 is 2.27 bits per heavy atom. The first kappa shape index (κ1) is 20.0. The van der Waals surface area contributed by atoms with Crippen LogP contribution in [0, 0.1) is 6.92 Å². The van der Waals surface area contributed by atoms with Crippen molar-refractivity contribution in [2.45, 2.75) is 19.5 Å². The zero-order valence-corrected chi connectivity index (χ0v) is 17.5. The van der Waals surface area contributed by atoms with Gasteiger partial charge in [-0.3, -0.25) is 10.1 Å². The Kier molecular flexibility index (Phi) is 5.74. The van der Waals surface area contributed by atoms with Crippen molar-refractivity contribution < 1.29 is 9.53 Å². The van der Waals surface area contributed by atoms with Gasteiger partial charge in [-0.25, -0.2) is 9.78 Å². The summed E-state index contributed by atoms with van der Waals surface area (Å²) >= 11 is 1.18. The number of aromatic nitrogens is 2. The van der Waals surface area contributed by atoms with Crippen LogP contribution < -0.4 is 10.9 Å². The molecule has 0 aliphatic carbocycles. The Labute approximate surface area is 177 Å². The third kappa shape index (κ3) is 3.90. The second-order valence-corrected chi connectivity index (χ2v) is 7.87. The van der Waals surface area contributed by atoms with E-state index in [1.807, 2.05) is 36.4 Å². The third-order valence-electron chi connectivity index (χ3n) is 4.96. The fourth-order valence-corrected chi connectivity index (χ4v) is 4.60. The minimum atomic E-state index is -0.456. The first-order valence-corrected chi connectivity index (χ1v) is 10.3. The first-order chi connectivity index (χ1) is 14.6. The molecule has 7 heteroatoms. The number of fused-ring (bicyclic) bond motifs is 1. The van der Waals surface area contributed by atoms with Crippen molar-refractivity contribution >= 4 is 27.5 Å². The molecule has 0 saturated carbocycles. The van der Waals surface area contributed by atoms with Gasteiger partial charge in [0.05, 0.1) is 25.1 Å².